The summed E-state index contributed by atoms with van der Waals surface area (Å²) in [7, 11) is 0. The van der Waals surface area contributed by atoms with Crippen molar-refractivity contribution in [3.05, 3.63) is 27.3 Å². The van der Waals surface area contributed by atoms with E-state index in [9.17, 15) is 9.90 Å². The van der Waals surface area contributed by atoms with Gasteiger partial charge in [0.1, 0.15) is 5.75 Å². The van der Waals surface area contributed by atoms with Crippen molar-refractivity contribution in [3.8, 4) is 5.75 Å². The van der Waals surface area contributed by atoms with Crippen LogP contribution < -0.4 is 11.1 Å². The Kier molecular flexibility index (Phi) is 4.85. The third-order valence-corrected chi connectivity index (χ3v) is 5.04. The van der Waals surface area contributed by atoms with Crippen molar-refractivity contribution in [2.75, 3.05) is 0 Å². The second-order valence-electron chi connectivity index (χ2n) is 5.13. The first-order valence-electron chi connectivity index (χ1n) is 6.55. The average Bonchev–Trinajstić information content (AvgIpc) is 2.42. The molecule has 1 aromatic rings. The Labute approximate surface area is 137 Å². The maximum atomic E-state index is 12.3. The standard InChI is InChI=1S/C14H17IN2O2S/c15-10-5-4-9(8-11(10)18)12(19)17-14(13(16)20)6-2-1-3-7-14/h4-5,8,18H,1-3,6-7H2,(H2,16,20)(H,17,19). The molecule has 0 spiro atoms. The van der Waals surface area contributed by atoms with Crippen LogP contribution in [0.1, 0.15) is 42.5 Å². The van der Waals surface area contributed by atoms with Crippen LogP contribution in [-0.4, -0.2) is 21.5 Å². The molecule has 1 amide bonds. The SMILES string of the molecule is NC(=S)C1(NC(=O)c2ccc(I)c(O)c2)CCCCC1. The van der Waals surface area contributed by atoms with E-state index in [4.69, 9.17) is 18.0 Å². The Bertz CT molecular complexity index is 542. The highest BCUT2D eigenvalue weighted by Crippen LogP contribution is 2.29. The van der Waals surface area contributed by atoms with Crippen molar-refractivity contribution in [2.24, 2.45) is 5.73 Å². The molecule has 1 fully saturated rings. The molecule has 0 atom stereocenters. The van der Waals surface area contributed by atoms with Gasteiger partial charge in [-0.3, -0.25) is 4.79 Å². The van der Waals surface area contributed by atoms with E-state index in [-0.39, 0.29) is 11.7 Å². The van der Waals surface area contributed by atoms with Crippen LogP contribution in [0.3, 0.4) is 0 Å². The van der Waals surface area contributed by atoms with Crippen molar-refractivity contribution in [1.82, 2.24) is 5.32 Å². The molecule has 0 heterocycles. The van der Waals surface area contributed by atoms with Crippen LogP contribution in [0.4, 0.5) is 0 Å². The number of hydrogen-bond donors (Lipinski definition) is 3. The number of nitrogens with one attached hydrogen (secondary N) is 1. The minimum absolute atomic E-state index is 0.103. The van der Waals surface area contributed by atoms with Crippen LogP contribution in [0.25, 0.3) is 0 Å². The number of phenolic OH excluding ortho intramolecular Hbond substituents is 1. The molecule has 1 aliphatic carbocycles. The van der Waals surface area contributed by atoms with E-state index in [1.807, 2.05) is 22.6 Å². The number of aromatic hydroxyl groups is 1. The van der Waals surface area contributed by atoms with Crippen molar-refractivity contribution in [3.63, 3.8) is 0 Å². The minimum atomic E-state index is -0.580. The van der Waals surface area contributed by atoms with Gasteiger partial charge in [0.15, 0.2) is 0 Å². The normalized spacial score (nSPS) is 17.4. The molecule has 0 aromatic heterocycles. The summed E-state index contributed by atoms with van der Waals surface area (Å²) in [5, 5.41) is 12.7. The maximum absolute atomic E-state index is 12.3. The number of hydrogen-bond acceptors (Lipinski definition) is 3. The summed E-state index contributed by atoms with van der Waals surface area (Å²) in [4.78, 5) is 12.7. The Balaban J connectivity index is 2.20. The highest BCUT2D eigenvalue weighted by Gasteiger charge is 2.36. The molecule has 0 aliphatic heterocycles. The molecule has 4 N–H and O–H groups in total. The molecule has 108 valence electrons. The number of rotatable bonds is 3. The number of benzene rings is 1. The number of carbonyl (C=O) groups is 1. The van der Waals surface area contributed by atoms with Gasteiger partial charge in [-0.1, -0.05) is 31.5 Å². The van der Waals surface area contributed by atoms with Crippen molar-refractivity contribution >= 4 is 45.7 Å². The van der Waals surface area contributed by atoms with E-state index in [0.29, 0.717) is 14.1 Å². The van der Waals surface area contributed by atoms with Crippen LogP contribution in [0.15, 0.2) is 18.2 Å². The molecule has 0 saturated heterocycles. The zero-order valence-corrected chi connectivity index (χ0v) is 14.0. The van der Waals surface area contributed by atoms with Gasteiger partial charge in [-0.05, 0) is 53.6 Å². The van der Waals surface area contributed by atoms with Crippen molar-refractivity contribution in [2.45, 2.75) is 37.6 Å². The zero-order chi connectivity index (χ0) is 14.8. The molecular formula is C14H17IN2O2S. The van der Waals surface area contributed by atoms with E-state index in [1.165, 1.54) is 6.07 Å². The first-order valence-corrected chi connectivity index (χ1v) is 8.04. The topological polar surface area (TPSA) is 75.3 Å². The summed E-state index contributed by atoms with van der Waals surface area (Å²) >= 11 is 7.17. The van der Waals surface area contributed by atoms with Gasteiger partial charge >= 0.3 is 0 Å². The van der Waals surface area contributed by atoms with Crippen LogP contribution in [0.2, 0.25) is 0 Å². The second kappa shape index (κ2) is 6.26. The van der Waals surface area contributed by atoms with E-state index < -0.39 is 5.54 Å². The molecule has 0 bridgehead atoms. The molecule has 0 unspecified atom stereocenters. The molecular weight excluding hydrogens is 387 g/mol. The lowest BCUT2D eigenvalue weighted by atomic mass is 9.81. The monoisotopic (exact) mass is 404 g/mol. The van der Waals surface area contributed by atoms with Crippen LogP contribution >= 0.6 is 34.8 Å². The van der Waals surface area contributed by atoms with E-state index >= 15 is 0 Å². The highest BCUT2D eigenvalue weighted by molar-refractivity contribution is 14.1. The average molecular weight is 404 g/mol. The first-order chi connectivity index (χ1) is 9.44. The lowest BCUT2D eigenvalue weighted by Gasteiger charge is -2.37. The molecule has 1 aliphatic rings. The van der Waals surface area contributed by atoms with Gasteiger partial charge in [0, 0.05) is 5.56 Å². The summed E-state index contributed by atoms with van der Waals surface area (Å²) < 4.78 is 0.709. The summed E-state index contributed by atoms with van der Waals surface area (Å²) in [5.74, 6) is -0.141. The van der Waals surface area contributed by atoms with Crippen LogP contribution in [0, 0.1) is 3.57 Å². The van der Waals surface area contributed by atoms with E-state index in [0.717, 1.165) is 32.1 Å². The predicted octanol–water partition coefficient (Wildman–Crippen LogP) is 2.72. The summed E-state index contributed by atoms with van der Waals surface area (Å²) in [5.41, 5.74) is 5.69. The number of halogens is 1. The minimum Gasteiger partial charge on any atom is -0.507 e. The Morgan fingerprint density at radius 2 is 2.00 bits per heavy atom. The van der Waals surface area contributed by atoms with Gasteiger partial charge < -0.3 is 16.2 Å². The number of phenols is 1. The lowest BCUT2D eigenvalue weighted by molar-refractivity contribution is 0.0908. The second-order valence-corrected chi connectivity index (χ2v) is 6.73. The van der Waals surface area contributed by atoms with Crippen LogP contribution in [-0.2, 0) is 0 Å². The first kappa shape index (κ1) is 15.5. The molecule has 20 heavy (non-hydrogen) atoms. The molecule has 6 heteroatoms. The molecule has 4 nitrogen and oxygen atoms in total. The third-order valence-electron chi connectivity index (χ3n) is 3.74. The Morgan fingerprint density at radius 3 is 2.55 bits per heavy atom. The van der Waals surface area contributed by atoms with Gasteiger partial charge in [-0.25, -0.2) is 0 Å². The maximum Gasteiger partial charge on any atom is 0.252 e. The molecule has 0 radical (unpaired) electrons. The van der Waals surface area contributed by atoms with Gasteiger partial charge in [0.25, 0.3) is 5.91 Å². The highest BCUT2D eigenvalue weighted by atomic mass is 127. The summed E-state index contributed by atoms with van der Waals surface area (Å²) in [6.45, 7) is 0. The number of nitrogens with two attached hydrogens (primary N) is 1. The Morgan fingerprint density at radius 1 is 1.35 bits per heavy atom. The van der Waals surface area contributed by atoms with Gasteiger partial charge in [0.2, 0.25) is 0 Å². The third kappa shape index (κ3) is 3.22. The Hall–Kier alpha value is -0.890. The smallest absolute Gasteiger partial charge is 0.252 e. The predicted molar refractivity (Wildman–Crippen MR) is 90.9 cm³/mol. The van der Waals surface area contributed by atoms with Gasteiger partial charge in [-0.15, -0.1) is 0 Å². The van der Waals surface area contributed by atoms with Crippen LogP contribution in [0.5, 0.6) is 5.75 Å². The quantitative estimate of drug-likeness (QED) is 0.535. The summed E-state index contributed by atoms with van der Waals surface area (Å²) in [6, 6.07) is 4.86. The van der Waals surface area contributed by atoms with Crippen molar-refractivity contribution < 1.29 is 9.90 Å². The van der Waals surface area contributed by atoms with Gasteiger partial charge in [-0.2, -0.15) is 0 Å². The summed E-state index contributed by atoms with van der Waals surface area (Å²) in [6.07, 6.45) is 4.73. The fourth-order valence-electron chi connectivity index (χ4n) is 2.53. The number of thiocarbonyl (C=S) groups is 1. The molecule has 1 aromatic carbocycles. The van der Waals surface area contributed by atoms with E-state index in [1.54, 1.807) is 12.1 Å². The zero-order valence-electron chi connectivity index (χ0n) is 11.0. The number of carbonyl (C=O) groups excluding carboxylic acids is 1. The largest absolute Gasteiger partial charge is 0.507 e. The fraction of sp³-hybridized carbons (Fsp3) is 0.429. The van der Waals surface area contributed by atoms with Gasteiger partial charge in [0.05, 0.1) is 14.1 Å². The fourth-order valence-corrected chi connectivity index (χ4v) is 3.12. The molecule has 2 rings (SSSR count). The van der Waals surface area contributed by atoms with E-state index in [2.05, 4.69) is 5.32 Å². The molecule has 1 saturated carbocycles. The van der Waals surface area contributed by atoms with Crippen molar-refractivity contribution in [1.29, 1.82) is 0 Å². The lowest BCUT2D eigenvalue weighted by Crippen LogP contribution is -2.57. The number of amides is 1.